The van der Waals surface area contributed by atoms with Crippen molar-refractivity contribution in [1.29, 1.82) is 0 Å². The average Bonchev–Trinajstić information content (AvgIpc) is 3.98. The van der Waals surface area contributed by atoms with E-state index in [1.54, 1.807) is 12.2 Å². The number of ether oxygens (including phenoxy) is 1. The molecule has 73 heavy (non-hydrogen) atoms. The fraction of sp³-hybridized carbons (Fsp3) is 0.698. The largest absolute Gasteiger partial charge is 0.790 e. The van der Waals surface area contributed by atoms with Crippen molar-refractivity contribution in [2.75, 3.05) is 37.8 Å². The van der Waals surface area contributed by atoms with Gasteiger partial charge in [0.15, 0.2) is 28.6 Å². The Morgan fingerprint density at radius 2 is 1.74 bits per heavy atom. The van der Waals surface area contributed by atoms with Gasteiger partial charge in [-0.1, -0.05) is 51.1 Å². The number of rotatable bonds is 21. The molecule has 14 atom stereocenters. The molecule has 26 nitrogen and oxygen atoms in total. The molecule has 0 aromatic carbocycles. The first-order valence-electron chi connectivity index (χ1n) is 23.6. The molecule has 406 valence electrons. The van der Waals surface area contributed by atoms with Crippen LogP contribution in [0.25, 0.3) is 11.2 Å². The number of hydrogen-bond acceptors (Lipinski definition) is 24. The number of fused-ring (bicyclic) bond motifs is 6. The van der Waals surface area contributed by atoms with E-state index >= 15 is 0 Å². The first kappa shape index (κ1) is 57.4. The van der Waals surface area contributed by atoms with Crippen molar-refractivity contribution in [1.82, 2.24) is 30.2 Å². The standard InChI is InChI=1S/C43H64N7O19P3S/c1-23(26-8-9-27-28-7-6-24-18-25(51)10-12-42(24,5)43(28,57)14-13-41(26,27)4)39(56)73-17-16-45-30(52)11-15-46-37(55)34(54)40(2,3)20-66-72(63,64)69-71(61,62)65-19-29-33(68-70(58,59)60)32(53)38(67-29)50-22-49-31-35(44)47-21-48-36(31)50/h10,12,18,21-23,26-29,32-34,38,53-54,57H,6-9,11,13-17,19-20H2,1-5H3,(H,45,52)(H,46,55)(H,61,62)(H,63,64)(H2,44,47,48)(H2,58,59,60)/p-4/t23-,26+,27-,28-,29+,32+,33+,34-,38+,41+,42-,43+/m0/s1. The van der Waals surface area contributed by atoms with Crippen LogP contribution in [0.1, 0.15) is 85.8 Å². The molecule has 0 bridgehead atoms. The number of amides is 2. The second-order valence-corrected chi connectivity index (χ2v) is 25.6. The van der Waals surface area contributed by atoms with Gasteiger partial charge in [0.25, 0.3) is 15.6 Å². The van der Waals surface area contributed by atoms with Crippen LogP contribution in [0.2, 0.25) is 0 Å². The van der Waals surface area contributed by atoms with Gasteiger partial charge in [-0.2, -0.15) is 0 Å². The number of nitrogens with two attached hydrogens (primary N) is 1. The summed E-state index contributed by atoms with van der Waals surface area (Å²) in [5.41, 5.74) is 3.33. The number of nitrogens with zero attached hydrogens (tertiary/aromatic N) is 4. The Bertz CT molecular complexity index is 2670. The highest BCUT2D eigenvalue weighted by Gasteiger charge is 2.66. The van der Waals surface area contributed by atoms with E-state index in [-0.39, 0.29) is 76.5 Å². The molecule has 1 saturated heterocycles. The minimum absolute atomic E-state index is 0.0112. The van der Waals surface area contributed by atoms with Crippen molar-refractivity contribution >= 4 is 74.9 Å². The molecule has 4 fully saturated rings. The number of allylic oxidation sites excluding steroid dienone is 2. The monoisotopic (exact) mass is 1100 g/mol. The minimum atomic E-state index is -5.95. The first-order chi connectivity index (χ1) is 33.9. The Hall–Kier alpha value is -3.33. The molecule has 3 heterocycles. The van der Waals surface area contributed by atoms with Crippen LogP contribution in [0.15, 0.2) is 36.5 Å². The number of phosphoric ester groups is 3. The Labute approximate surface area is 424 Å². The Kier molecular flexibility index (Phi) is 17.0. The number of ketones is 1. The maximum atomic E-state index is 13.5. The molecule has 2 unspecified atom stereocenters. The van der Waals surface area contributed by atoms with E-state index in [0.717, 1.165) is 66.7 Å². The number of imidazole rings is 1. The van der Waals surface area contributed by atoms with Gasteiger partial charge >= 0.3 is 0 Å². The average molecular weight is 1100 g/mol. The molecular weight excluding hydrogens is 1040 g/mol. The van der Waals surface area contributed by atoms with Crippen LogP contribution in [0.5, 0.6) is 0 Å². The predicted molar refractivity (Wildman–Crippen MR) is 249 cm³/mol. The Balaban J connectivity index is 0.808. The highest BCUT2D eigenvalue weighted by atomic mass is 32.2. The quantitative estimate of drug-likeness (QED) is 0.0697. The van der Waals surface area contributed by atoms with Crippen LogP contribution in [-0.4, -0.2) is 120 Å². The zero-order valence-electron chi connectivity index (χ0n) is 40.6. The first-order valence-corrected chi connectivity index (χ1v) is 28.9. The van der Waals surface area contributed by atoms with E-state index in [2.05, 4.69) is 50.4 Å². The van der Waals surface area contributed by atoms with Gasteiger partial charge in [0.1, 0.15) is 36.3 Å². The van der Waals surface area contributed by atoms with Crippen molar-refractivity contribution < 1.29 is 90.4 Å². The molecular formula is C43H60N7O19P3S-4. The zero-order valence-corrected chi connectivity index (χ0v) is 44.1. The predicted octanol–water partition coefficient (Wildman–Crippen LogP) is -0.188. The van der Waals surface area contributed by atoms with Gasteiger partial charge in [-0.25, -0.2) is 19.3 Å². The molecule has 5 aliphatic rings. The summed E-state index contributed by atoms with van der Waals surface area (Å²) in [6, 6.07) is 0. The van der Waals surface area contributed by atoms with Crippen molar-refractivity contribution in [3.8, 4) is 0 Å². The number of nitrogen functional groups attached to an aromatic ring is 1. The van der Waals surface area contributed by atoms with Crippen LogP contribution in [0.3, 0.4) is 0 Å². The number of aliphatic hydroxyl groups is 3. The van der Waals surface area contributed by atoms with E-state index in [0.29, 0.717) is 12.2 Å². The SMILES string of the molecule is C[C@H](C(=O)SCCNC(=O)CCNC(=O)[C@H](O)C(C)(C)COP(=O)([O-])OP(=O)([O-])OC[C@H]1O[C@@H](n2cnc3c(N)ncnc32)[C@H](O)[C@@H]1OP(=O)([O-])[O-])[C@H]1CC[C@H]2[C@@H]3CCC4=CC(=O)C=C[C@]4(C)[C@@]3(O)CC[C@]12C. The highest BCUT2D eigenvalue weighted by Crippen LogP contribution is 2.68. The lowest BCUT2D eigenvalue weighted by atomic mass is 9.45. The smallest absolute Gasteiger partial charge is 0.274 e. The summed E-state index contributed by atoms with van der Waals surface area (Å²) in [7, 11) is -17.7. The number of nitrogens with one attached hydrogen (secondary N) is 2. The molecule has 2 aromatic heterocycles. The normalized spacial score (nSPS) is 32.6. The lowest BCUT2D eigenvalue weighted by Crippen LogP contribution is -2.62. The van der Waals surface area contributed by atoms with E-state index in [1.165, 1.54) is 13.8 Å². The number of carbonyl (C=O) groups is 4. The fourth-order valence-electron chi connectivity index (χ4n) is 11.6. The number of anilines is 1. The van der Waals surface area contributed by atoms with Crippen LogP contribution >= 0.6 is 35.2 Å². The molecule has 0 radical (unpaired) electrons. The van der Waals surface area contributed by atoms with E-state index in [1.807, 2.05) is 19.9 Å². The Morgan fingerprint density at radius 3 is 2.45 bits per heavy atom. The number of carbonyl (C=O) groups excluding carboxylic acids is 4. The molecule has 4 aliphatic carbocycles. The second kappa shape index (κ2) is 21.6. The van der Waals surface area contributed by atoms with E-state index in [4.69, 9.17) is 10.5 Å². The number of hydrogen-bond donors (Lipinski definition) is 6. The molecule has 7 N–H and O–H groups in total. The zero-order chi connectivity index (χ0) is 53.7. The highest BCUT2D eigenvalue weighted by molar-refractivity contribution is 8.13. The van der Waals surface area contributed by atoms with Crippen molar-refractivity contribution in [2.24, 2.45) is 39.9 Å². The van der Waals surface area contributed by atoms with Gasteiger partial charge in [0.2, 0.25) is 11.8 Å². The summed E-state index contributed by atoms with van der Waals surface area (Å²) in [5, 5.41) is 39.0. The molecule has 3 saturated carbocycles. The van der Waals surface area contributed by atoms with Crippen molar-refractivity contribution in [2.45, 2.75) is 116 Å². The number of aromatic nitrogens is 4. The van der Waals surface area contributed by atoms with E-state index in [9.17, 15) is 67.8 Å². The van der Waals surface area contributed by atoms with Gasteiger partial charge in [-0.3, -0.25) is 32.9 Å². The summed E-state index contributed by atoms with van der Waals surface area (Å²) in [5.74, 6) is -1.19. The van der Waals surface area contributed by atoms with Gasteiger partial charge in [-0.15, -0.1) is 0 Å². The third kappa shape index (κ3) is 12.1. The third-order valence-corrected chi connectivity index (χ3v) is 19.6. The van der Waals surface area contributed by atoms with Crippen LogP contribution in [0.4, 0.5) is 5.82 Å². The summed E-state index contributed by atoms with van der Waals surface area (Å²) in [4.78, 5) is 111. The molecule has 30 heteroatoms. The van der Waals surface area contributed by atoms with Gasteiger partial charge in [-0.05, 0) is 80.8 Å². The fourth-order valence-corrected chi connectivity index (χ4v) is 15.1. The summed E-state index contributed by atoms with van der Waals surface area (Å²) in [6.07, 6.45) is 2.09. The van der Waals surface area contributed by atoms with Crippen LogP contribution in [-0.2, 0) is 55.5 Å². The number of thioether (sulfide) groups is 1. The molecule has 1 aliphatic heterocycles. The summed E-state index contributed by atoms with van der Waals surface area (Å²) >= 11 is 1.13. The lowest BCUT2D eigenvalue weighted by Gasteiger charge is -2.62. The van der Waals surface area contributed by atoms with Gasteiger partial charge in [0, 0.05) is 42.0 Å². The summed E-state index contributed by atoms with van der Waals surface area (Å²) in [6.45, 7) is 6.26. The van der Waals surface area contributed by atoms with Crippen molar-refractivity contribution in [3.63, 3.8) is 0 Å². The molecule has 0 spiro atoms. The maximum Gasteiger partial charge on any atom is 0.274 e. The van der Waals surface area contributed by atoms with Crippen LogP contribution in [0, 0.1) is 39.9 Å². The second-order valence-electron chi connectivity index (χ2n) is 20.4. The topological polar surface area (TPSA) is 412 Å². The van der Waals surface area contributed by atoms with Gasteiger partial charge in [0.05, 0.1) is 33.0 Å². The van der Waals surface area contributed by atoms with E-state index < -0.39 is 95.6 Å². The van der Waals surface area contributed by atoms with Crippen molar-refractivity contribution in [3.05, 3.63) is 36.5 Å². The molecule has 7 rings (SSSR count). The maximum absolute atomic E-state index is 13.5. The number of aliphatic hydroxyl groups excluding tert-OH is 2. The Morgan fingerprint density at radius 1 is 1.03 bits per heavy atom. The van der Waals surface area contributed by atoms with Gasteiger partial charge < -0.3 is 74.1 Å². The van der Waals surface area contributed by atoms with Crippen LogP contribution < -0.4 is 35.9 Å². The minimum Gasteiger partial charge on any atom is -0.790 e. The summed E-state index contributed by atoms with van der Waals surface area (Å²) < 4.78 is 61.1. The molecule has 2 amide bonds. The lowest BCUT2D eigenvalue weighted by molar-refractivity contribution is -0.347. The molecule has 2 aromatic rings. The third-order valence-electron chi connectivity index (χ3n) is 15.5. The number of phosphoric acid groups is 3.